The summed E-state index contributed by atoms with van der Waals surface area (Å²) in [5, 5.41) is 8.64. The zero-order valence-corrected chi connectivity index (χ0v) is 14.7. The molecule has 24 heavy (non-hydrogen) atoms. The minimum absolute atomic E-state index is 0.0661. The van der Waals surface area contributed by atoms with E-state index in [9.17, 15) is 9.59 Å². The van der Waals surface area contributed by atoms with Gasteiger partial charge in [0, 0.05) is 41.2 Å². The van der Waals surface area contributed by atoms with Gasteiger partial charge < -0.3 is 10.6 Å². The molecule has 6 heteroatoms. The second-order valence-electron chi connectivity index (χ2n) is 6.28. The normalized spacial score (nSPS) is 18.9. The van der Waals surface area contributed by atoms with E-state index in [1.165, 1.54) is 0 Å². The van der Waals surface area contributed by atoms with Crippen molar-refractivity contribution in [2.24, 2.45) is 11.8 Å². The smallest absolute Gasteiger partial charge is 0.226 e. The Kier molecular flexibility index (Phi) is 4.94. The lowest BCUT2D eigenvalue weighted by atomic mass is 10.2. The Morgan fingerprint density at radius 2 is 2.17 bits per heavy atom. The number of amides is 2. The van der Waals surface area contributed by atoms with Gasteiger partial charge in [0.25, 0.3) is 0 Å². The molecule has 1 saturated carbocycles. The standard InChI is InChI=1S/C18H21N3O2S/c1-11-8-15(11)17(23)19-7-6-16(22)21-14-5-3-4-13(9-14)18-20-12(2)10-24-18/h3-5,9-11,15H,6-8H2,1-2H3,(H,19,23)(H,21,22)/t11-,15+/m0/s1. The number of nitrogens with zero attached hydrogens (tertiary/aromatic N) is 1. The fourth-order valence-corrected chi connectivity index (χ4v) is 3.35. The van der Waals surface area contributed by atoms with Crippen LogP contribution in [0.3, 0.4) is 0 Å². The van der Waals surface area contributed by atoms with E-state index in [-0.39, 0.29) is 24.2 Å². The van der Waals surface area contributed by atoms with Crippen LogP contribution in [0.4, 0.5) is 5.69 Å². The number of benzene rings is 1. The van der Waals surface area contributed by atoms with Crippen molar-refractivity contribution in [1.82, 2.24) is 10.3 Å². The summed E-state index contributed by atoms with van der Waals surface area (Å²) in [6, 6.07) is 7.65. The van der Waals surface area contributed by atoms with Crippen LogP contribution in [-0.2, 0) is 9.59 Å². The van der Waals surface area contributed by atoms with Crippen LogP contribution in [-0.4, -0.2) is 23.3 Å². The lowest BCUT2D eigenvalue weighted by molar-refractivity contribution is -0.122. The van der Waals surface area contributed by atoms with Crippen LogP contribution in [0.5, 0.6) is 0 Å². The van der Waals surface area contributed by atoms with Crippen molar-refractivity contribution in [2.45, 2.75) is 26.7 Å². The van der Waals surface area contributed by atoms with E-state index < -0.39 is 0 Å². The minimum Gasteiger partial charge on any atom is -0.355 e. The zero-order chi connectivity index (χ0) is 17.1. The van der Waals surface area contributed by atoms with Gasteiger partial charge in [-0.25, -0.2) is 4.98 Å². The number of carbonyl (C=O) groups excluding carboxylic acids is 2. The van der Waals surface area contributed by atoms with E-state index in [1.807, 2.05) is 36.6 Å². The summed E-state index contributed by atoms with van der Waals surface area (Å²) in [6.45, 7) is 4.40. The zero-order valence-electron chi connectivity index (χ0n) is 13.8. The Hall–Kier alpha value is -2.21. The molecule has 1 heterocycles. The Balaban J connectivity index is 1.50. The molecule has 126 valence electrons. The molecule has 1 aliphatic carbocycles. The highest BCUT2D eigenvalue weighted by Crippen LogP contribution is 2.37. The first-order chi connectivity index (χ1) is 11.5. The largest absolute Gasteiger partial charge is 0.355 e. The average molecular weight is 343 g/mol. The van der Waals surface area contributed by atoms with Crippen LogP contribution in [0.25, 0.3) is 10.6 Å². The van der Waals surface area contributed by atoms with Gasteiger partial charge in [-0.3, -0.25) is 9.59 Å². The average Bonchev–Trinajstić information content (AvgIpc) is 3.12. The number of hydrogen-bond acceptors (Lipinski definition) is 4. The molecule has 3 rings (SSSR count). The molecule has 0 aliphatic heterocycles. The molecule has 5 nitrogen and oxygen atoms in total. The number of anilines is 1. The van der Waals surface area contributed by atoms with Crippen LogP contribution in [0, 0.1) is 18.8 Å². The Labute approximate surface area is 145 Å². The van der Waals surface area contributed by atoms with Crippen molar-refractivity contribution in [2.75, 3.05) is 11.9 Å². The van der Waals surface area contributed by atoms with Crippen molar-refractivity contribution in [3.8, 4) is 10.6 Å². The Bertz CT molecular complexity index is 756. The first-order valence-electron chi connectivity index (χ1n) is 8.13. The molecule has 2 N–H and O–H groups in total. The fourth-order valence-electron chi connectivity index (χ4n) is 2.56. The summed E-state index contributed by atoms with van der Waals surface area (Å²) in [5.74, 6) is 0.589. The molecule has 1 aromatic carbocycles. The molecule has 1 aromatic heterocycles. The van der Waals surface area contributed by atoms with Crippen molar-refractivity contribution in [1.29, 1.82) is 0 Å². The van der Waals surface area contributed by atoms with E-state index in [2.05, 4.69) is 22.5 Å². The van der Waals surface area contributed by atoms with Crippen LogP contribution >= 0.6 is 11.3 Å². The molecule has 0 unspecified atom stereocenters. The number of aryl methyl sites for hydroxylation is 1. The number of carbonyl (C=O) groups is 2. The van der Waals surface area contributed by atoms with Gasteiger partial charge in [-0.1, -0.05) is 19.1 Å². The molecule has 2 aromatic rings. The number of nitrogens with one attached hydrogen (secondary N) is 2. The molecule has 0 saturated heterocycles. The first kappa shape index (κ1) is 16.6. The van der Waals surface area contributed by atoms with Gasteiger partial charge in [-0.2, -0.15) is 0 Å². The van der Waals surface area contributed by atoms with Gasteiger partial charge in [0.1, 0.15) is 5.01 Å². The van der Waals surface area contributed by atoms with Gasteiger partial charge in [0.2, 0.25) is 11.8 Å². The van der Waals surface area contributed by atoms with E-state index in [0.29, 0.717) is 12.5 Å². The third-order valence-electron chi connectivity index (χ3n) is 4.11. The number of rotatable bonds is 6. The summed E-state index contributed by atoms with van der Waals surface area (Å²) < 4.78 is 0. The van der Waals surface area contributed by atoms with E-state index in [4.69, 9.17) is 0 Å². The number of thiazole rings is 1. The predicted molar refractivity (Wildman–Crippen MR) is 95.8 cm³/mol. The van der Waals surface area contributed by atoms with Gasteiger partial charge in [0.05, 0.1) is 0 Å². The molecule has 2 amide bonds. The summed E-state index contributed by atoms with van der Waals surface area (Å²) in [6.07, 6.45) is 1.23. The van der Waals surface area contributed by atoms with Crippen molar-refractivity contribution < 1.29 is 9.59 Å². The molecular weight excluding hydrogens is 322 g/mol. The second-order valence-corrected chi connectivity index (χ2v) is 7.14. The van der Waals surface area contributed by atoms with E-state index in [0.717, 1.165) is 28.4 Å². The maximum atomic E-state index is 12.0. The van der Waals surface area contributed by atoms with Crippen molar-refractivity contribution in [3.63, 3.8) is 0 Å². The summed E-state index contributed by atoms with van der Waals surface area (Å²) in [5.41, 5.74) is 2.72. The molecule has 0 bridgehead atoms. The highest BCUT2D eigenvalue weighted by Gasteiger charge is 2.38. The third kappa shape index (κ3) is 4.20. The van der Waals surface area contributed by atoms with Crippen LogP contribution < -0.4 is 10.6 Å². The van der Waals surface area contributed by atoms with E-state index in [1.54, 1.807) is 11.3 Å². The second kappa shape index (κ2) is 7.13. The highest BCUT2D eigenvalue weighted by atomic mass is 32.1. The molecule has 2 atom stereocenters. The van der Waals surface area contributed by atoms with Crippen molar-refractivity contribution in [3.05, 3.63) is 35.3 Å². The van der Waals surface area contributed by atoms with Gasteiger partial charge >= 0.3 is 0 Å². The van der Waals surface area contributed by atoms with Gasteiger partial charge in [-0.05, 0) is 31.4 Å². The predicted octanol–water partition coefficient (Wildman–Crippen LogP) is 3.22. The molecule has 0 radical (unpaired) electrons. The Morgan fingerprint density at radius 3 is 2.83 bits per heavy atom. The van der Waals surface area contributed by atoms with Crippen molar-refractivity contribution >= 4 is 28.8 Å². The monoisotopic (exact) mass is 343 g/mol. The van der Waals surface area contributed by atoms with Gasteiger partial charge in [-0.15, -0.1) is 11.3 Å². The topological polar surface area (TPSA) is 71.1 Å². The third-order valence-corrected chi connectivity index (χ3v) is 5.12. The fraction of sp³-hybridized carbons (Fsp3) is 0.389. The molecule has 1 fully saturated rings. The Morgan fingerprint density at radius 1 is 1.38 bits per heavy atom. The van der Waals surface area contributed by atoms with Crippen LogP contribution in [0.15, 0.2) is 29.6 Å². The quantitative estimate of drug-likeness (QED) is 0.846. The summed E-state index contributed by atoms with van der Waals surface area (Å²) >= 11 is 1.58. The highest BCUT2D eigenvalue weighted by molar-refractivity contribution is 7.13. The molecule has 0 spiro atoms. The SMILES string of the molecule is Cc1csc(-c2cccc(NC(=O)CCNC(=O)[C@@H]3C[C@@H]3C)c2)n1. The first-order valence-corrected chi connectivity index (χ1v) is 9.01. The molecule has 1 aliphatic rings. The number of aromatic nitrogens is 1. The molecular formula is C18H21N3O2S. The van der Waals surface area contributed by atoms with Crippen LogP contribution in [0.2, 0.25) is 0 Å². The maximum absolute atomic E-state index is 12.0. The summed E-state index contributed by atoms with van der Waals surface area (Å²) in [4.78, 5) is 28.2. The van der Waals surface area contributed by atoms with E-state index >= 15 is 0 Å². The minimum atomic E-state index is -0.105. The van der Waals surface area contributed by atoms with Gasteiger partial charge in [0.15, 0.2) is 0 Å². The summed E-state index contributed by atoms with van der Waals surface area (Å²) in [7, 11) is 0. The lowest BCUT2D eigenvalue weighted by Gasteiger charge is -2.07. The van der Waals surface area contributed by atoms with Crippen LogP contribution in [0.1, 0.15) is 25.5 Å². The maximum Gasteiger partial charge on any atom is 0.226 e. The lowest BCUT2D eigenvalue weighted by Crippen LogP contribution is -2.29. The number of hydrogen-bond donors (Lipinski definition) is 2.